The van der Waals surface area contributed by atoms with Crippen molar-refractivity contribution in [3.05, 3.63) is 76.6 Å². The second-order valence-corrected chi connectivity index (χ2v) is 9.87. The molecule has 1 aromatic heterocycles. The van der Waals surface area contributed by atoms with Crippen LogP contribution in [0.3, 0.4) is 0 Å². The van der Waals surface area contributed by atoms with Crippen LogP contribution in [0.2, 0.25) is 5.02 Å². The summed E-state index contributed by atoms with van der Waals surface area (Å²) in [6, 6.07) is 18.0. The molecule has 1 N–H and O–H groups in total. The van der Waals surface area contributed by atoms with Gasteiger partial charge in [-0.2, -0.15) is 0 Å². The van der Waals surface area contributed by atoms with Gasteiger partial charge < -0.3 is 14.6 Å². The fourth-order valence-corrected chi connectivity index (χ4v) is 4.73. The molecule has 0 spiro atoms. The smallest absolute Gasteiger partial charge is 0.226 e. The highest BCUT2D eigenvalue weighted by molar-refractivity contribution is 6.30. The van der Waals surface area contributed by atoms with Crippen molar-refractivity contribution in [3.63, 3.8) is 0 Å². The Hall–Kier alpha value is -2.67. The number of aromatic nitrogens is 1. The number of carbonyl (C=O) groups is 1. The molecular formula is C28H35ClN4O2. The van der Waals surface area contributed by atoms with Crippen LogP contribution >= 0.6 is 11.6 Å². The Morgan fingerprint density at radius 2 is 2.03 bits per heavy atom. The monoisotopic (exact) mass is 494 g/mol. The highest BCUT2D eigenvalue weighted by Gasteiger charge is 2.27. The van der Waals surface area contributed by atoms with Gasteiger partial charge in [-0.05, 0) is 63.5 Å². The second kappa shape index (κ2) is 12.3. The number of likely N-dealkylation sites (N-methyl/N-ethyl adjacent to an activating group) is 1. The van der Waals surface area contributed by atoms with Crippen molar-refractivity contribution in [2.24, 2.45) is 5.92 Å². The van der Waals surface area contributed by atoms with Crippen molar-refractivity contribution in [2.75, 3.05) is 39.8 Å². The van der Waals surface area contributed by atoms with Crippen LogP contribution in [0.15, 0.2) is 59.0 Å². The van der Waals surface area contributed by atoms with Gasteiger partial charge in [0.2, 0.25) is 11.8 Å². The maximum absolute atomic E-state index is 12.8. The van der Waals surface area contributed by atoms with Crippen LogP contribution in [-0.4, -0.2) is 60.5 Å². The molecule has 0 unspecified atom stereocenters. The lowest BCUT2D eigenvalue weighted by Crippen LogP contribution is -2.44. The third kappa shape index (κ3) is 7.40. The predicted octanol–water partition coefficient (Wildman–Crippen LogP) is 4.81. The van der Waals surface area contributed by atoms with Crippen LogP contribution in [0.5, 0.6) is 0 Å². The Kier molecular flexibility index (Phi) is 8.96. The lowest BCUT2D eigenvalue weighted by molar-refractivity contribution is -0.126. The number of piperidine rings is 1. The van der Waals surface area contributed by atoms with E-state index < -0.39 is 0 Å². The van der Waals surface area contributed by atoms with Crippen LogP contribution in [0.25, 0.3) is 11.5 Å². The lowest BCUT2D eigenvalue weighted by atomic mass is 9.97. The van der Waals surface area contributed by atoms with E-state index in [1.165, 1.54) is 5.56 Å². The highest BCUT2D eigenvalue weighted by Crippen LogP contribution is 2.26. The van der Waals surface area contributed by atoms with Crippen LogP contribution in [-0.2, 0) is 17.8 Å². The molecule has 0 saturated carbocycles. The predicted molar refractivity (Wildman–Crippen MR) is 140 cm³/mol. The maximum Gasteiger partial charge on any atom is 0.226 e. The van der Waals surface area contributed by atoms with Crippen molar-refractivity contribution >= 4 is 17.5 Å². The third-order valence-electron chi connectivity index (χ3n) is 6.63. The summed E-state index contributed by atoms with van der Waals surface area (Å²) < 4.78 is 5.91. The minimum absolute atomic E-state index is 0.0120. The number of amides is 1. The summed E-state index contributed by atoms with van der Waals surface area (Å²) in [5.74, 6) is 1.56. The molecular weight excluding hydrogens is 460 g/mol. The number of rotatable bonds is 10. The zero-order valence-corrected chi connectivity index (χ0v) is 21.4. The molecule has 1 saturated heterocycles. The molecule has 7 heteroatoms. The van der Waals surface area contributed by atoms with E-state index in [0.717, 1.165) is 62.5 Å². The molecule has 3 aromatic rings. The summed E-state index contributed by atoms with van der Waals surface area (Å²) in [6.45, 7) is 6.83. The van der Waals surface area contributed by atoms with Gasteiger partial charge in [-0.25, -0.2) is 4.98 Å². The summed E-state index contributed by atoms with van der Waals surface area (Å²) in [7, 11) is 2.11. The number of benzene rings is 2. The number of halogens is 1. The molecule has 6 nitrogen and oxygen atoms in total. The Bertz CT molecular complexity index is 1100. The molecule has 0 radical (unpaired) electrons. The summed E-state index contributed by atoms with van der Waals surface area (Å²) in [4.78, 5) is 22.1. The van der Waals surface area contributed by atoms with E-state index in [4.69, 9.17) is 21.0 Å². The molecule has 4 rings (SSSR count). The Balaban J connectivity index is 1.22. The molecule has 0 bridgehead atoms. The van der Waals surface area contributed by atoms with Gasteiger partial charge >= 0.3 is 0 Å². The van der Waals surface area contributed by atoms with E-state index in [2.05, 4.69) is 46.4 Å². The Labute approximate surface area is 213 Å². The normalized spacial score (nSPS) is 16.5. The largest absolute Gasteiger partial charge is 0.441 e. The third-order valence-corrected chi connectivity index (χ3v) is 6.87. The molecule has 35 heavy (non-hydrogen) atoms. The molecule has 1 aliphatic rings. The number of hydrogen-bond acceptors (Lipinski definition) is 5. The summed E-state index contributed by atoms with van der Waals surface area (Å²) in [6.07, 6.45) is 2.95. The van der Waals surface area contributed by atoms with E-state index in [1.807, 2.05) is 37.3 Å². The molecule has 2 aromatic carbocycles. The van der Waals surface area contributed by atoms with Gasteiger partial charge in [0, 0.05) is 43.3 Å². The molecule has 2 heterocycles. The topological polar surface area (TPSA) is 61.6 Å². The quantitative estimate of drug-likeness (QED) is 0.438. The van der Waals surface area contributed by atoms with Crippen LogP contribution in [0, 0.1) is 12.8 Å². The number of aryl methyl sites for hydroxylation is 1. The van der Waals surface area contributed by atoms with Crippen molar-refractivity contribution in [1.82, 2.24) is 20.1 Å². The molecule has 0 aliphatic carbocycles. The van der Waals surface area contributed by atoms with Gasteiger partial charge in [0.05, 0.1) is 11.6 Å². The first-order valence-corrected chi connectivity index (χ1v) is 12.8. The van der Waals surface area contributed by atoms with Gasteiger partial charge in [0.25, 0.3) is 0 Å². The van der Waals surface area contributed by atoms with Gasteiger partial charge in [0.1, 0.15) is 5.76 Å². The van der Waals surface area contributed by atoms with Gasteiger partial charge in [0.15, 0.2) is 0 Å². The fraction of sp³-hybridized carbons (Fsp3) is 0.429. The Morgan fingerprint density at radius 1 is 1.20 bits per heavy atom. The zero-order valence-electron chi connectivity index (χ0n) is 20.7. The highest BCUT2D eigenvalue weighted by atomic mass is 35.5. The molecule has 1 aliphatic heterocycles. The van der Waals surface area contributed by atoms with Crippen molar-refractivity contribution < 1.29 is 9.21 Å². The first kappa shape index (κ1) is 25.4. The maximum atomic E-state index is 12.8. The van der Waals surface area contributed by atoms with Gasteiger partial charge in [-0.15, -0.1) is 0 Å². The number of oxazole rings is 1. The number of nitrogens with one attached hydrogen (secondary N) is 1. The first-order valence-electron chi connectivity index (χ1n) is 12.4. The average molecular weight is 495 g/mol. The van der Waals surface area contributed by atoms with Gasteiger partial charge in [-0.3, -0.25) is 9.69 Å². The van der Waals surface area contributed by atoms with Crippen LogP contribution in [0.4, 0.5) is 0 Å². The van der Waals surface area contributed by atoms with Crippen molar-refractivity contribution in [2.45, 2.75) is 32.7 Å². The SMILES string of the molecule is Cc1oc(-c2cccc(Cl)c2)nc1CN1CCC[C@H](C(=O)NCCN(C)CCc2ccccc2)C1. The van der Waals surface area contributed by atoms with E-state index >= 15 is 0 Å². The molecule has 1 atom stereocenters. The van der Waals surface area contributed by atoms with E-state index in [-0.39, 0.29) is 11.8 Å². The van der Waals surface area contributed by atoms with E-state index in [1.54, 1.807) is 0 Å². The van der Waals surface area contributed by atoms with E-state index in [0.29, 0.717) is 24.0 Å². The Morgan fingerprint density at radius 3 is 2.83 bits per heavy atom. The second-order valence-electron chi connectivity index (χ2n) is 9.44. The minimum Gasteiger partial charge on any atom is -0.441 e. The zero-order chi connectivity index (χ0) is 24.6. The lowest BCUT2D eigenvalue weighted by Gasteiger charge is -2.31. The number of hydrogen-bond donors (Lipinski definition) is 1. The molecule has 1 fully saturated rings. The van der Waals surface area contributed by atoms with Crippen molar-refractivity contribution in [3.8, 4) is 11.5 Å². The van der Waals surface area contributed by atoms with Gasteiger partial charge in [-0.1, -0.05) is 48.0 Å². The summed E-state index contributed by atoms with van der Waals surface area (Å²) >= 11 is 6.12. The number of likely N-dealkylation sites (tertiary alicyclic amines) is 1. The molecule has 186 valence electrons. The standard InChI is InChI=1S/C28H35ClN4O2/c1-21-26(31-28(35-21)23-10-6-12-25(29)18-23)20-33-15-7-11-24(19-33)27(34)30-14-17-32(2)16-13-22-8-4-3-5-9-22/h3-6,8-10,12,18,24H,7,11,13-17,19-20H2,1-2H3,(H,30,34)/t24-/m0/s1. The van der Waals surface area contributed by atoms with Crippen molar-refractivity contribution in [1.29, 1.82) is 0 Å². The first-order chi connectivity index (χ1) is 17.0. The number of carbonyl (C=O) groups excluding carboxylic acids is 1. The van der Waals surface area contributed by atoms with Crippen LogP contribution in [0.1, 0.15) is 29.9 Å². The number of nitrogens with zero attached hydrogens (tertiary/aromatic N) is 3. The van der Waals surface area contributed by atoms with E-state index in [9.17, 15) is 4.79 Å². The summed E-state index contributed by atoms with van der Waals surface area (Å²) in [5.41, 5.74) is 3.13. The average Bonchev–Trinajstić information content (AvgIpc) is 3.23. The molecule has 1 amide bonds. The fourth-order valence-electron chi connectivity index (χ4n) is 4.54. The summed E-state index contributed by atoms with van der Waals surface area (Å²) in [5, 5.41) is 3.81. The van der Waals surface area contributed by atoms with Crippen LogP contribution < -0.4 is 5.32 Å². The minimum atomic E-state index is 0.0120.